The van der Waals surface area contributed by atoms with Gasteiger partial charge in [0.2, 0.25) is 0 Å². The van der Waals surface area contributed by atoms with Crippen molar-refractivity contribution >= 4 is 11.0 Å². The van der Waals surface area contributed by atoms with Crippen molar-refractivity contribution in [3.05, 3.63) is 84.2 Å². The fourth-order valence-electron chi connectivity index (χ4n) is 4.02. The highest BCUT2D eigenvalue weighted by molar-refractivity contribution is 5.93. The first-order chi connectivity index (χ1) is 14.1. The molecule has 0 aliphatic heterocycles. The first-order valence-electron chi connectivity index (χ1n) is 9.63. The van der Waals surface area contributed by atoms with Crippen LogP contribution in [0.25, 0.3) is 39.5 Å². The van der Waals surface area contributed by atoms with Crippen LogP contribution in [0.4, 0.5) is 0 Å². The smallest absolute Gasteiger partial charge is 0.165 e. The van der Waals surface area contributed by atoms with Gasteiger partial charge in [-0.3, -0.25) is 0 Å². The van der Waals surface area contributed by atoms with E-state index in [1.807, 2.05) is 35.0 Å². The molecule has 0 N–H and O–H groups in total. The zero-order chi connectivity index (χ0) is 20.0. The Morgan fingerprint density at radius 2 is 1.48 bits per heavy atom. The number of hydrogen-bond donors (Lipinski definition) is 0. The summed E-state index contributed by atoms with van der Waals surface area (Å²) < 4.78 is 4.08. The summed E-state index contributed by atoms with van der Waals surface area (Å²) in [5.74, 6) is 1.75. The summed E-state index contributed by atoms with van der Waals surface area (Å²) in [6.45, 7) is 4.21. The molecule has 0 fully saturated rings. The van der Waals surface area contributed by atoms with Gasteiger partial charge in [0.05, 0.1) is 16.7 Å². The fraction of sp³-hybridized carbons (Fsp3) is 0.125. The molecule has 0 radical (unpaired) electrons. The highest BCUT2D eigenvalue weighted by Crippen LogP contribution is 2.32. The van der Waals surface area contributed by atoms with Gasteiger partial charge >= 0.3 is 0 Å². The van der Waals surface area contributed by atoms with Gasteiger partial charge in [0.25, 0.3) is 0 Å². The molecule has 0 saturated carbocycles. The normalized spacial score (nSPS) is 11.3. The summed E-state index contributed by atoms with van der Waals surface area (Å²) >= 11 is 0. The van der Waals surface area contributed by atoms with Crippen LogP contribution in [0.2, 0.25) is 0 Å². The summed E-state index contributed by atoms with van der Waals surface area (Å²) in [4.78, 5) is 9.53. The number of rotatable bonds is 3. The lowest BCUT2D eigenvalue weighted by Gasteiger charge is -2.13. The summed E-state index contributed by atoms with van der Waals surface area (Å²) in [5.41, 5.74) is 7.50. The zero-order valence-electron chi connectivity index (χ0n) is 16.7. The second-order valence-electron chi connectivity index (χ2n) is 7.27. The van der Waals surface area contributed by atoms with Gasteiger partial charge in [-0.1, -0.05) is 54.6 Å². The number of imidazole rings is 1. The first kappa shape index (κ1) is 17.4. The van der Waals surface area contributed by atoms with E-state index in [4.69, 9.17) is 4.98 Å². The second kappa shape index (κ2) is 6.71. The molecule has 0 aliphatic carbocycles. The molecular weight excluding hydrogens is 358 g/mol. The molecule has 0 unspecified atom stereocenters. The SMILES string of the molecule is Cc1cccc(C)c1-n1ncnc1-c1cccc2nc(-c3ccccc3)n(C)c12. The molecule has 3 aromatic carbocycles. The Bertz CT molecular complexity index is 1310. The minimum absolute atomic E-state index is 0.815. The number of fused-ring (bicyclic) bond motifs is 1. The van der Waals surface area contributed by atoms with Gasteiger partial charge in [0.15, 0.2) is 5.82 Å². The fourth-order valence-corrected chi connectivity index (χ4v) is 4.02. The highest BCUT2D eigenvalue weighted by atomic mass is 15.3. The molecule has 0 atom stereocenters. The van der Waals surface area contributed by atoms with Gasteiger partial charge < -0.3 is 4.57 Å². The third kappa shape index (κ3) is 2.74. The summed E-state index contributed by atoms with van der Waals surface area (Å²) in [5, 5.41) is 4.56. The van der Waals surface area contributed by atoms with Crippen LogP contribution in [-0.4, -0.2) is 24.3 Å². The van der Waals surface area contributed by atoms with E-state index < -0.39 is 0 Å². The van der Waals surface area contributed by atoms with Crippen LogP contribution >= 0.6 is 0 Å². The van der Waals surface area contributed by atoms with Crippen molar-refractivity contribution in [1.82, 2.24) is 24.3 Å². The number of benzene rings is 3. The molecule has 29 heavy (non-hydrogen) atoms. The van der Waals surface area contributed by atoms with Crippen molar-refractivity contribution in [2.24, 2.45) is 7.05 Å². The van der Waals surface area contributed by atoms with Gasteiger partial charge in [0, 0.05) is 18.2 Å². The molecule has 0 amide bonds. The maximum Gasteiger partial charge on any atom is 0.165 e. The van der Waals surface area contributed by atoms with E-state index in [9.17, 15) is 0 Å². The van der Waals surface area contributed by atoms with Crippen molar-refractivity contribution < 1.29 is 0 Å². The predicted octanol–water partition coefficient (Wildman–Crippen LogP) is 5.10. The number of aryl methyl sites for hydroxylation is 3. The summed E-state index contributed by atoms with van der Waals surface area (Å²) in [6.07, 6.45) is 1.62. The Kier molecular flexibility index (Phi) is 4.02. The van der Waals surface area contributed by atoms with Gasteiger partial charge in [-0.15, -0.1) is 0 Å². The van der Waals surface area contributed by atoms with Crippen LogP contribution in [0.3, 0.4) is 0 Å². The molecule has 0 spiro atoms. The third-order valence-electron chi connectivity index (χ3n) is 5.37. The van der Waals surface area contributed by atoms with E-state index in [-0.39, 0.29) is 0 Å². The van der Waals surface area contributed by atoms with Crippen LogP contribution in [0.5, 0.6) is 0 Å². The van der Waals surface area contributed by atoms with Gasteiger partial charge in [-0.2, -0.15) is 5.10 Å². The van der Waals surface area contributed by atoms with Gasteiger partial charge in [-0.05, 0) is 37.1 Å². The molecule has 5 aromatic rings. The Morgan fingerprint density at radius 3 is 2.24 bits per heavy atom. The van der Waals surface area contributed by atoms with E-state index in [2.05, 4.69) is 71.9 Å². The topological polar surface area (TPSA) is 48.5 Å². The molecule has 0 saturated heterocycles. The standard InChI is InChI=1S/C24H21N5/c1-16-9-7-10-17(2)21(16)29-24(25-15-26-29)19-13-8-14-20-22(19)28(3)23(27-20)18-11-5-4-6-12-18/h4-15H,1-3H3. The average molecular weight is 379 g/mol. The second-order valence-corrected chi connectivity index (χ2v) is 7.27. The van der Waals surface area contributed by atoms with Crippen molar-refractivity contribution in [3.8, 4) is 28.5 Å². The maximum absolute atomic E-state index is 4.90. The molecule has 2 heterocycles. The molecule has 142 valence electrons. The lowest BCUT2D eigenvalue weighted by atomic mass is 10.1. The number of aromatic nitrogens is 5. The minimum atomic E-state index is 0.815. The summed E-state index contributed by atoms with van der Waals surface area (Å²) in [7, 11) is 2.06. The Hall–Kier alpha value is -3.73. The molecule has 2 aromatic heterocycles. The number of hydrogen-bond acceptors (Lipinski definition) is 3. The largest absolute Gasteiger partial charge is 0.327 e. The average Bonchev–Trinajstić information content (AvgIpc) is 3.34. The van der Waals surface area contributed by atoms with E-state index in [0.717, 1.165) is 39.5 Å². The quantitative estimate of drug-likeness (QED) is 0.438. The Labute approximate surface area is 169 Å². The summed E-state index contributed by atoms with van der Waals surface area (Å²) in [6, 6.07) is 22.7. The molecular formula is C24H21N5. The number of para-hydroxylation sites is 2. The molecule has 0 aliphatic rings. The van der Waals surface area contributed by atoms with Crippen LogP contribution < -0.4 is 0 Å². The lowest BCUT2D eigenvalue weighted by molar-refractivity contribution is 0.870. The lowest BCUT2D eigenvalue weighted by Crippen LogP contribution is -2.05. The monoisotopic (exact) mass is 379 g/mol. The van der Waals surface area contributed by atoms with Crippen molar-refractivity contribution in [3.63, 3.8) is 0 Å². The first-order valence-corrected chi connectivity index (χ1v) is 9.63. The zero-order valence-corrected chi connectivity index (χ0v) is 16.7. The molecule has 5 rings (SSSR count). The predicted molar refractivity (Wildman–Crippen MR) is 116 cm³/mol. The van der Waals surface area contributed by atoms with E-state index >= 15 is 0 Å². The highest BCUT2D eigenvalue weighted by Gasteiger charge is 2.19. The van der Waals surface area contributed by atoms with Crippen molar-refractivity contribution in [2.75, 3.05) is 0 Å². The van der Waals surface area contributed by atoms with Crippen molar-refractivity contribution in [2.45, 2.75) is 13.8 Å². The van der Waals surface area contributed by atoms with Crippen LogP contribution in [0.15, 0.2) is 73.1 Å². The maximum atomic E-state index is 4.90. The van der Waals surface area contributed by atoms with E-state index in [1.54, 1.807) is 6.33 Å². The van der Waals surface area contributed by atoms with Crippen LogP contribution in [0.1, 0.15) is 11.1 Å². The Morgan fingerprint density at radius 1 is 0.759 bits per heavy atom. The van der Waals surface area contributed by atoms with Crippen LogP contribution in [-0.2, 0) is 7.05 Å². The van der Waals surface area contributed by atoms with Gasteiger partial charge in [0.1, 0.15) is 12.2 Å². The van der Waals surface area contributed by atoms with Crippen molar-refractivity contribution in [1.29, 1.82) is 0 Å². The number of nitrogens with zero attached hydrogens (tertiary/aromatic N) is 5. The molecule has 0 bridgehead atoms. The van der Waals surface area contributed by atoms with Crippen LogP contribution in [0, 0.1) is 13.8 Å². The van der Waals surface area contributed by atoms with E-state index in [0.29, 0.717) is 0 Å². The van der Waals surface area contributed by atoms with Gasteiger partial charge in [-0.25, -0.2) is 14.6 Å². The van der Waals surface area contributed by atoms with E-state index in [1.165, 1.54) is 11.1 Å². The third-order valence-corrected chi connectivity index (χ3v) is 5.37. The Balaban J connectivity index is 1.77. The molecule has 5 nitrogen and oxygen atoms in total. The minimum Gasteiger partial charge on any atom is -0.327 e. The molecule has 5 heteroatoms.